The maximum Gasteiger partial charge on any atom is 0.405 e. The summed E-state index contributed by atoms with van der Waals surface area (Å²) in [5.74, 6) is -1.73. The Hall–Kier alpha value is -1.59. The molecule has 0 aromatic heterocycles. The van der Waals surface area contributed by atoms with Crippen LogP contribution < -0.4 is 5.32 Å². The van der Waals surface area contributed by atoms with Crippen molar-refractivity contribution in [2.75, 3.05) is 0 Å². The topological polar surface area (TPSA) is 104 Å². The first-order chi connectivity index (χ1) is 5.43. The lowest BCUT2D eigenvalue weighted by molar-refractivity contribution is -0.139. The Bertz CT molecular complexity index is 196. The molecule has 0 radical (unpaired) electrons. The summed E-state index contributed by atoms with van der Waals surface area (Å²) in [6, 6.07) is -1.15. The number of carboxylic acid groups (broad SMARTS) is 2. The summed E-state index contributed by atoms with van der Waals surface area (Å²) in [6.07, 6.45) is -1.93. The third kappa shape index (κ3) is 4.26. The molecule has 1 unspecified atom stereocenters. The van der Waals surface area contributed by atoms with Crippen LogP contribution >= 0.6 is 0 Å². The zero-order valence-corrected chi connectivity index (χ0v) is 6.40. The van der Waals surface area contributed by atoms with Gasteiger partial charge in [-0.05, 0) is 6.92 Å². The smallest absolute Gasteiger partial charge is 0.405 e. The van der Waals surface area contributed by atoms with Crippen molar-refractivity contribution >= 4 is 17.8 Å². The molecule has 68 valence electrons. The summed E-state index contributed by atoms with van der Waals surface area (Å²) in [5, 5.41) is 18.2. The van der Waals surface area contributed by atoms with Crippen LogP contribution in [0.25, 0.3) is 0 Å². The zero-order chi connectivity index (χ0) is 9.72. The summed E-state index contributed by atoms with van der Waals surface area (Å²) >= 11 is 0. The number of amides is 1. The van der Waals surface area contributed by atoms with E-state index in [1.807, 2.05) is 0 Å². The van der Waals surface area contributed by atoms with Crippen LogP contribution in [0.5, 0.6) is 0 Å². The molecule has 1 atom stereocenters. The zero-order valence-electron chi connectivity index (χ0n) is 6.40. The number of ketones is 1. The molecule has 0 aromatic carbocycles. The van der Waals surface area contributed by atoms with E-state index in [4.69, 9.17) is 10.2 Å². The highest BCUT2D eigenvalue weighted by Crippen LogP contribution is 1.93. The maximum absolute atomic E-state index is 10.6. The van der Waals surface area contributed by atoms with Crippen LogP contribution in [0, 0.1) is 0 Å². The Morgan fingerprint density at radius 3 is 2.08 bits per heavy atom. The van der Waals surface area contributed by atoms with Crippen molar-refractivity contribution < 1.29 is 24.6 Å². The Balaban J connectivity index is 4.14. The van der Waals surface area contributed by atoms with Crippen molar-refractivity contribution in [3.8, 4) is 0 Å². The molecule has 6 nitrogen and oxygen atoms in total. The number of aliphatic carboxylic acids is 1. The number of rotatable bonds is 4. The van der Waals surface area contributed by atoms with Gasteiger partial charge >= 0.3 is 12.1 Å². The van der Waals surface area contributed by atoms with Gasteiger partial charge in [-0.15, -0.1) is 0 Å². The standard InChI is InChI=1S/C6H9NO5/c1-3(8)4(2-5(9)10)7-6(11)12/h4,7H,2H2,1H3,(H,9,10)(H,11,12). The minimum absolute atomic E-state index is 0.514. The van der Waals surface area contributed by atoms with E-state index in [0.717, 1.165) is 6.92 Å². The van der Waals surface area contributed by atoms with E-state index in [1.54, 1.807) is 5.32 Å². The van der Waals surface area contributed by atoms with Gasteiger partial charge in [0, 0.05) is 0 Å². The van der Waals surface area contributed by atoms with Crippen molar-refractivity contribution in [2.24, 2.45) is 0 Å². The van der Waals surface area contributed by atoms with Crippen molar-refractivity contribution in [3.05, 3.63) is 0 Å². The van der Waals surface area contributed by atoms with Gasteiger partial charge in [0.2, 0.25) is 0 Å². The van der Waals surface area contributed by atoms with E-state index in [0.29, 0.717) is 0 Å². The Labute approximate surface area is 68.2 Å². The molecule has 0 rings (SSSR count). The highest BCUT2D eigenvalue weighted by atomic mass is 16.4. The summed E-state index contributed by atoms with van der Waals surface area (Å²) in [6.45, 7) is 1.13. The van der Waals surface area contributed by atoms with Crippen LogP contribution in [0.15, 0.2) is 0 Å². The largest absolute Gasteiger partial charge is 0.481 e. The van der Waals surface area contributed by atoms with Gasteiger partial charge in [-0.3, -0.25) is 9.59 Å². The van der Waals surface area contributed by atoms with E-state index in [2.05, 4.69) is 0 Å². The fraction of sp³-hybridized carbons (Fsp3) is 0.500. The second-order valence-corrected chi connectivity index (χ2v) is 2.21. The quantitative estimate of drug-likeness (QED) is 0.543. The minimum atomic E-state index is -1.41. The summed E-state index contributed by atoms with van der Waals surface area (Å²) in [5.41, 5.74) is 0. The molecule has 0 bridgehead atoms. The lowest BCUT2D eigenvalue weighted by Crippen LogP contribution is -2.40. The van der Waals surface area contributed by atoms with Gasteiger partial charge < -0.3 is 15.5 Å². The highest BCUT2D eigenvalue weighted by molar-refractivity contribution is 5.88. The second-order valence-electron chi connectivity index (χ2n) is 2.21. The SMILES string of the molecule is CC(=O)C(CC(=O)O)NC(=O)O. The first-order valence-corrected chi connectivity index (χ1v) is 3.15. The predicted molar refractivity (Wildman–Crippen MR) is 37.9 cm³/mol. The van der Waals surface area contributed by atoms with Gasteiger partial charge in [0.05, 0.1) is 6.42 Å². The first-order valence-electron chi connectivity index (χ1n) is 3.15. The number of nitrogens with one attached hydrogen (secondary N) is 1. The van der Waals surface area contributed by atoms with Gasteiger partial charge in [0.1, 0.15) is 6.04 Å². The van der Waals surface area contributed by atoms with E-state index in [1.165, 1.54) is 0 Å². The number of Topliss-reactive ketones (excluding diaryl/α,β-unsaturated/α-hetero) is 1. The molecule has 0 heterocycles. The number of hydrogen-bond donors (Lipinski definition) is 3. The molecule has 0 spiro atoms. The molecule has 0 saturated carbocycles. The molecule has 0 aliphatic rings. The van der Waals surface area contributed by atoms with Crippen molar-refractivity contribution in [2.45, 2.75) is 19.4 Å². The Morgan fingerprint density at radius 1 is 1.33 bits per heavy atom. The monoisotopic (exact) mass is 175 g/mol. The average molecular weight is 175 g/mol. The number of hydrogen-bond acceptors (Lipinski definition) is 3. The van der Waals surface area contributed by atoms with Crippen molar-refractivity contribution in [3.63, 3.8) is 0 Å². The van der Waals surface area contributed by atoms with E-state index < -0.39 is 30.3 Å². The van der Waals surface area contributed by atoms with Crippen LogP contribution in [0.3, 0.4) is 0 Å². The van der Waals surface area contributed by atoms with Crippen LogP contribution in [0.2, 0.25) is 0 Å². The molecule has 0 saturated heterocycles. The van der Waals surface area contributed by atoms with Gasteiger partial charge in [-0.25, -0.2) is 4.79 Å². The Kier molecular flexibility index (Phi) is 3.75. The van der Waals surface area contributed by atoms with Gasteiger partial charge in [-0.2, -0.15) is 0 Å². The van der Waals surface area contributed by atoms with Crippen molar-refractivity contribution in [1.29, 1.82) is 0 Å². The number of carboxylic acids is 1. The van der Waals surface area contributed by atoms with Gasteiger partial charge in [0.15, 0.2) is 5.78 Å². The van der Waals surface area contributed by atoms with Gasteiger partial charge in [-0.1, -0.05) is 0 Å². The molecular weight excluding hydrogens is 166 g/mol. The van der Waals surface area contributed by atoms with E-state index in [9.17, 15) is 14.4 Å². The molecule has 6 heteroatoms. The lowest BCUT2D eigenvalue weighted by Gasteiger charge is -2.09. The van der Waals surface area contributed by atoms with E-state index in [-0.39, 0.29) is 0 Å². The maximum atomic E-state index is 10.6. The molecular formula is C6H9NO5. The molecule has 0 aliphatic carbocycles. The predicted octanol–water partition coefficient (Wildman–Crippen LogP) is -0.314. The third-order valence-electron chi connectivity index (χ3n) is 1.17. The van der Waals surface area contributed by atoms with Crippen LogP contribution in [0.4, 0.5) is 4.79 Å². The van der Waals surface area contributed by atoms with Crippen LogP contribution in [0.1, 0.15) is 13.3 Å². The summed E-state index contributed by atoms with van der Waals surface area (Å²) in [7, 11) is 0. The fourth-order valence-electron chi connectivity index (χ4n) is 0.620. The molecule has 12 heavy (non-hydrogen) atoms. The lowest BCUT2D eigenvalue weighted by atomic mass is 10.1. The number of carbonyl (C=O) groups excluding carboxylic acids is 1. The molecule has 1 amide bonds. The summed E-state index contributed by atoms with van der Waals surface area (Å²) < 4.78 is 0. The molecule has 3 N–H and O–H groups in total. The average Bonchev–Trinajstić information content (AvgIpc) is 1.83. The highest BCUT2D eigenvalue weighted by Gasteiger charge is 2.19. The summed E-state index contributed by atoms with van der Waals surface area (Å²) in [4.78, 5) is 30.8. The molecule has 0 aromatic rings. The van der Waals surface area contributed by atoms with Crippen molar-refractivity contribution in [1.82, 2.24) is 5.32 Å². The van der Waals surface area contributed by atoms with E-state index >= 15 is 0 Å². The minimum Gasteiger partial charge on any atom is -0.481 e. The van der Waals surface area contributed by atoms with Crippen LogP contribution in [-0.2, 0) is 9.59 Å². The molecule has 0 aliphatic heterocycles. The first kappa shape index (κ1) is 10.4. The van der Waals surface area contributed by atoms with Crippen LogP contribution in [-0.4, -0.2) is 34.1 Å². The number of carbonyl (C=O) groups is 3. The third-order valence-corrected chi connectivity index (χ3v) is 1.17. The Morgan fingerprint density at radius 2 is 1.83 bits per heavy atom. The molecule has 0 fully saturated rings. The van der Waals surface area contributed by atoms with Gasteiger partial charge in [0.25, 0.3) is 0 Å². The fourth-order valence-corrected chi connectivity index (χ4v) is 0.620. The normalized spacial score (nSPS) is 11.8. The second kappa shape index (κ2) is 4.32.